The number of para-hydroxylation sites is 1. The van der Waals surface area contributed by atoms with Crippen molar-refractivity contribution in [2.45, 2.75) is 0 Å². The fourth-order valence-electron chi connectivity index (χ4n) is 3.34. The first-order valence-electron chi connectivity index (χ1n) is 10.9. The van der Waals surface area contributed by atoms with Gasteiger partial charge in [0.25, 0.3) is 22.5 Å². The number of nitrogens with zero attached hydrogens (tertiary/aromatic N) is 3. The molecule has 2 amide bonds. The zero-order valence-corrected chi connectivity index (χ0v) is 20.2. The summed E-state index contributed by atoms with van der Waals surface area (Å²) in [7, 11) is 0. The van der Waals surface area contributed by atoms with Crippen LogP contribution in [0.4, 0.5) is 16.2 Å². The molecular weight excluding hydrogens is 518 g/mol. The van der Waals surface area contributed by atoms with Crippen LogP contribution in [0.2, 0.25) is 0 Å². The molecule has 192 valence electrons. The number of hydrogen-bond donors (Lipinski definition) is 0. The summed E-state index contributed by atoms with van der Waals surface area (Å²) >= 11 is 0.790. The first kappa shape index (κ1) is 26.0. The Labute approximate surface area is 218 Å². The molecule has 0 N–H and O–H groups in total. The van der Waals surface area contributed by atoms with Crippen LogP contribution < -0.4 is 9.47 Å². The summed E-state index contributed by atoms with van der Waals surface area (Å²) in [6, 6.07) is 17.4. The van der Waals surface area contributed by atoms with Crippen molar-refractivity contribution in [3.05, 3.63) is 109 Å². The average molecular weight is 535 g/mol. The topological polar surface area (TPSA) is 159 Å². The number of imide groups is 1. The third-order valence-corrected chi connectivity index (χ3v) is 6.06. The first-order chi connectivity index (χ1) is 18.2. The maximum Gasteiger partial charge on any atom is 0.344 e. The number of nitro groups is 2. The van der Waals surface area contributed by atoms with Crippen molar-refractivity contribution >= 4 is 46.3 Å². The van der Waals surface area contributed by atoms with Crippen LogP contribution >= 0.6 is 11.8 Å². The minimum absolute atomic E-state index is 0.0625. The van der Waals surface area contributed by atoms with E-state index < -0.39 is 38.3 Å². The molecule has 13 heteroatoms. The van der Waals surface area contributed by atoms with E-state index in [1.807, 2.05) is 18.2 Å². The molecule has 38 heavy (non-hydrogen) atoms. The highest BCUT2D eigenvalue weighted by Gasteiger charge is 2.34. The lowest BCUT2D eigenvalue weighted by molar-refractivity contribution is -0.394. The normalized spacial score (nSPS) is 14.0. The van der Waals surface area contributed by atoms with Gasteiger partial charge in [0.15, 0.2) is 0 Å². The van der Waals surface area contributed by atoms with Gasteiger partial charge in [0.1, 0.15) is 18.1 Å². The molecule has 0 atom stereocenters. The maximum absolute atomic E-state index is 12.7. The number of non-ortho nitro benzene ring substituents is 2. The van der Waals surface area contributed by atoms with Gasteiger partial charge in [0.05, 0.1) is 32.9 Å². The Kier molecular flexibility index (Phi) is 7.77. The Morgan fingerprint density at radius 1 is 0.895 bits per heavy atom. The lowest BCUT2D eigenvalue weighted by Crippen LogP contribution is -2.32. The molecule has 1 aliphatic heterocycles. The molecule has 1 aliphatic rings. The van der Waals surface area contributed by atoms with Crippen molar-refractivity contribution in [3.63, 3.8) is 0 Å². The van der Waals surface area contributed by atoms with Gasteiger partial charge in [-0.15, -0.1) is 0 Å². The quantitative estimate of drug-likeness (QED) is 0.122. The molecule has 4 rings (SSSR count). The SMILES string of the molecule is O=C(Oc1ccc(/C=C2\SC(=O)N(CCOc3ccccc3)C2=O)cc1)c1cc([N+](=O)[O-])cc([N+](=O)[O-])c1. The molecule has 1 fully saturated rings. The number of carbonyl (C=O) groups is 3. The first-order valence-corrected chi connectivity index (χ1v) is 11.7. The average Bonchev–Trinajstić information content (AvgIpc) is 3.17. The predicted octanol–water partition coefficient (Wildman–Crippen LogP) is 4.84. The molecule has 12 nitrogen and oxygen atoms in total. The van der Waals surface area contributed by atoms with Crippen LogP contribution in [0.15, 0.2) is 77.7 Å². The number of carbonyl (C=O) groups excluding carboxylic acids is 3. The Hall–Kier alpha value is -5.04. The van der Waals surface area contributed by atoms with Crippen molar-refractivity contribution in [1.82, 2.24) is 4.90 Å². The second-order valence-corrected chi connectivity index (χ2v) is 8.70. The Morgan fingerprint density at radius 2 is 1.53 bits per heavy atom. The highest BCUT2D eigenvalue weighted by atomic mass is 32.2. The fraction of sp³-hybridized carbons (Fsp3) is 0.0800. The number of rotatable bonds is 9. The monoisotopic (exact) mass is 535 g/mol. The minimum Gasteiger partial charge on any atom is -0.492 e. The molecular formula is C25H17N3O9S. The van der Waals surface area contributed by atoms with Crippen LogP contribution in [-0.2, 0) is 4.79 Å². The van der Waals surface area contributed by atoms with Crippen molar-refractivity contribution in [2.75, 3.05) is 13.2 Å². The van der Waals surface area contributed by atoms with Crippen LogP contribution in [0.1, 0.15) is 15.9 Å². The number of ether oxygens (including phenoxy) is 2. The number of thioether (sulfide) groups is 1. The Morgan fingerprint density at radius 3 is 2.13 bits per heavy atom. The number of esters is 1. The molecule has 0 spiro atoms. The summed E-state index contributed by atoms with van der Waals surface area (Å²) < 4.78 is 10.7. The van der Waals surface area contributed by atoms with E-state index in [0.717, 1.165) is 34.9 Å². The van der Waals surface area contributed by atoms with Gasteiger partial charge in [-0.05, 0) is 47.7 Å². The molecule has 1 saturated heterocycles. The standard InChI is InChI=1S/C25H17N3O9S/c29-23-22(38-25(31)26(23)10-11-36-20-4-2-1-3-5-20)12-16-6-8-21(9-7-16)37-24(30)17-13-18(27(32)33)15-19(14-17)28(34)35/h1-9,12-15H,10-11H2/b22-12-. The van der Waals surface area contributed by atoms with Gasteiger partial charge >= 0.3 is 5.97 Å². The summed E-state index contributed by atoms with van der Waals surface area (Å²) in [5.74, 6) is -0.796. The molecule has 0 aliphatic carbocycles. The molecule has 1 heterocycles. The lowest BCUT2D eigenvalue weighted by Gasteiger charge is -2.13. The highest BCUT2D eigenvalue weighted by molar-refractivity contribution is 8.18. The largest absolute Gasteiger partial charge is 0.492 e. The van der Waals surface area contributed by atoms with Gasteiger partial charge in [0, 0.05) is 12.1 Å². The van der Waals surface area contributed by atoms with E-state index in [1.54, 1.807) is 12.1 Å². The van der Waals surface area contributed by atoms with Gasteiger partial charge in [-0.25, -0.2) is 4.79 Å². The number of hydrogen-bond acceptors (Lipinski definition) is 10. The smallest absolute Gasteiger partial charge is 0.344 e. The molecule has 3 aromatic carbocycles. The van der Waals surface area contributed by atoms with Gasteiger partial charge in [-0.1, -0.05) is 30.3 Å². The summed E-state index contributed by atoms with van der Waals surface area (Å²) in [6.07, 6.45) is 1.51. The number of amides is 2. The Balaban J connectivity index is 1.40. The van der Waals surface area contributed by atoms with Gasteiger partial charge in [-0.2, -0.15) is 0 Å². The van der Waals surface area contributed by atoms with E-state index in [0.29, 0.717) is 11.3 Å². The zero-order chi connectivity index (χ0) is 27.2. The molecule has 0 aromatic heterocycles. The summed E-state index contributed by atoms with van der Waals surface area (Å²) in [6.45, 7) is 0.227. The summed E-state index contributed by atoms with van der Waals surface area (Å²) in [5.41, 5.74) is -1.06. The van der Waals surface area contributed by atoms with E-state index >= 15 is 0 Å². The second-order valence-electron chi connectivity index (χ2n) is 7.71. The molecule has 0 unspecified atom stereocenters. The van der Waals surface area contributed by atoms with Crippen LogP contribution in [0, 0.1) is 20.2 Å². The molecule has 0 saturated carbocycles. The molecule has 0 bridgehead atoms. The number of nitro benzene ring substituents is 2. The van der Waals surface area contributed by atoms with Crippen molar-refractivity contribution in [2.24, 2.45) is 0 Å². The van der Waals surface area contributed by atoms with Gasteiger partial charge in [0.2, 0.25) is 0 Å². The van der Waals surface area contributed by atoms with Gasteiger partial charge < -0.3 is 9.47 Å². The van der Waals surface area contributed by atoms with Gasteiger partial charge in [-0.3, -0.25) is 34.7 Å². The minimum atomic E-state index is -1.02. The van der Waals surface area contributed by atoms with Crippen molar-refractivity contribution in [3.8, 4) is 11.5 Å². The zero-order valence-electron chi connectivity index (χ0n) is 19.3. The van der Waals surface area contributed by atoms with Crippen LogP contribution in [0.5, 0.6) is 11.5 Å². The van der Waals surface area contributed by atoms with E-state index in [9.17, 15) is 34.6 Å². The van der Waals surface area contributed by atoms with E-state index in [2.05, 4.69) is 0 Å². The van der Waals surface area contributed by atoms with Crippen LogP contribution in [-0.4, -0.2) is 45.0 Å². The van der Waals surface area contributed by atoms with Crippen molar-refractivity contribution < 1.29 is 33.7 Å². The van der Waals surface area contributed by atoms with E-state index in [-0.39, 0.29) is 29.4 Å². The summed E-state index contributed by atoms with van der Waals surface area (Å²) in [4.78, 5) is 59.1. The number of benzene rings is 3. The molecule has 0 radical (unpaired) electrons. The fourth-order valence-corrected chi connectivity index (χ4v) is 4.20. The van der Waals surface area contributed by atoms with Crippen LogP contribution in [0.3, 0.4) is 0 Å². The van der Waals surface area contributed by atoms with Crippen LogP contribution in [0.25, 0.3) is 6.08 Å². The highest BCUT2D eigenvalue weighted by Crippen LogP contribution is 2.32. The van der Waals surface area contributed by atoms with E-state index in [1.165, 1.54) is 30.3 Å². The summed E-state index contributed by atoms with van der Waals surface area (Å²) in [5, 5.41) is 21.6. The predicted molar refractivity (Wildman–Crippen MR) is 136 cm³/mol. The second kappa shape index (κ2) is 11.3. The maximum atomic E-state index is 12.7. The Bertz CT molecular complexity index is 1420. The van der Waals surface area contributed by atoms with E-state index in [4.69, 9.17) is 9.47 Å². The molecule has 3 aromatic rings. The lowest BCUT2D eigenvalue weighted by atomic mass is 10.1. The third-order valence-electron chi connectivity index (χ3n) is 5.15. The third kappa shape index (κ3) is 6.20. The van der Waals surface area contributed by atoms with Crippen molar-refractivity contribution in [1.29, 1.82) is 0 Å².